The maximum atomic E-state index is 13.7. The van der Waals surface area contributed by atoms with Gasteiger partial charge in [-0.2, -0.15) is 0 Å². The summed E-state index contributed by atoms with van der Waals surface area (Å²) in [5.74, 6) is -0.143. The summed E-state index contributed by atoms with van der Waals surface area (Å²) < 4.78 is 0. The molecule has 8 rings (SSSR count). The Morgan fingerprint density at radius 3 is 1.52 bits per heavy atom. The lowest BCUT2D eigenvalue weighted by molar-refractivity contribution is 0.103. The number of ketones is 1. The van der Waals surface area contributed by atoms with Gasteiger partial charge in [0.2, 0.25) is 0 Å². The molecule has 0 spiro atoms. The fourth-order valence-electron chi connectivity index (χ4n) is 5.99. The predicted octanol–water partition coefficient (Wildman–Crippen LogP) is 7.86. The Bertz CT molecular complexity index is 1990. The maximum absolute atomic E-state index is 13.7. The predicted molar refractivity (Wildman–Crippen MR) is 137 cm³/mol. The highest BCUT2D eigenvalue weighted by Gasteiger charge is 2.24. The van der Waals surface area contributed by atoms with E-state index in [0.29, 0.717) is 11.1 Å². The van der Waals surface area contributed by atoms with Crippen molar-refractivity contribution in [2.24, 2.45) is 0 Å². The number of rotatable bonds is 2. The third kappa shape index (κ3) is 1.97. The number of aromatic hydroxyl groups is 1. The van der Waals surface area contributed by atoms with E-state index in [-0.39, 0.29) is 11.5 Å². The Balaban J connectivity index is 1.68. The minimum absolute atomic E-state index is 0.0107. The highest BCUT2D eigenvalue weighted by atomic mass is 16.3. The van der Waals surface area contributed by atoms with Gasteiger partial charge in [-0.1, -0.05) is 72.8 Å². The molecule has 0 aromatic heterocycles. The Kier molecular flexibility index (Phi) is 2.95. The van der Waals surface area contributed by atoms with Gasteiger partial charge in [0.25, 0.3) is 0 Å². The standard InChI is InChI=1S/C31H16O2/c32-24-4-2-1-3-22(24)31(33)23-15-20-12-11-18-8-6-16-5-7-17-9-10-19-13-14-21(23)30-28(19)26(17)25(16)27(18)29(20)30/h1-15,32H. The van der Waals surface area contributed by atoms with Crippen molar-refractivity contribution in [3.8, 4) is 5.75 Å². The summed E-state index contributed by atoms with van der Waals surface area (Å²) in [6.45, 7) is 0. The number of hydrogen-bond donors (Lipinski definition) is 1. The molecule has 0 aliphatic rings. The summed E-state index contributed by atoms with van der Waals surface area (Å²) in [5, 5.41) is 24.7. The van der Waals surface area contributed by atoms with Crippen molar-refractivity contribution in [1.29, 1.82) is 0 Å². The number of phenolic OH excluding ortho intramolecular Hbond substituents is 1. The van der Waals surface area contributed by atoms with Gasteiger partial charge in [-0.15, -0.1) is 0 Å². The third-order valence-corrected chi connectivity index (χ3v) is 7.40. The second-order valence-electron chi connectivity index (χ2n) is 9.01. The number of para-hydroxylation sites is 1. The van der Waals surface area contributed by atoms with Crippen LogP contribution >= 0.6 is 0 Å². The SMILES string of the molecule is O=C(c1ccccc1O)c1cc2ccc3ccc4ccc5ccc6ccc1c1c6c5c4c3c21. The highest BCUT2D eigenvalue weighted by molar-refractivity contribution is 6.45. The van der Waals surface area contributed by atoms with Gasteiger partial charge in [0.1, 0.15) is 5.75 Å². The van der Waals surface area contributed by atoms with Crippen LogP contribution in [0.5, 0.6) is 5.75 Å². The van der Waals surface area contributed by atoms with Gasteiger partial charge >= 0.3 is 0 Å². The first-order chi connectivity index (χ1) is 16.2. The van der Waals surface area contributed by atoms with Gasteiger partial charge in [-0.05, 0) is 82.8 Å². The monoisotopic (exact) mass is 420 g/mol. The molecule has 0 saturated heterocycles. The van der Waals surface area contributed by atoms with Crippen LogP contribution in [0.1, 0.15) is 15.9 Å². The summed E-state index contributed by atoms with van der Waals surface area (Å²) in [5.41, 5.74) is 0.959. The average Bonchev–Trinajstić information content (AvgIpc) is 2.86. The minimum Gasteiger partial charge on any atom is -0.507 e. The number of hydrogen-bond acceptors (Lipinski definition) is 2. The van der Waals surface area contributed by atoms with Crippen LogP contribution in [0.25, 0.3) is 64.6 Å². The average molecular weight is 420 g/mol. The van der Waals surface area contributed by atoms with Gasteiger partial charge in [0.15, 0.2) is 5.78 Å². The number of benzene rings is 8. The normalized spacial score (nSPS) is 12.5. The Hall–Kier alpha value is -4.43. The third-order valence-electron chi connectivity index (χ3n) is 7.40. The molecule has 33 heavy (non-hydrogen) atoms. The molecule has 0 aliphatic carbocycles. The van der Waals surface area contributed by atoms with Crippen molar-refractivity contribution in [2.45, 2.75) is 0 Å². The molecule has 0 atom stereocenters. The quantitative estimate of drug-likeness (QED) is 0.176. The van der Waals surface area contributed by atoms with Crippen LogP contribution in [0.15, 0.2) is 91.0 Å². The molecule has 0 aliphatic heterocycles. The lowest BCUT2D eigenvalue weighted by atomic mass is 9.81. The van der Waals surface area contributed by atoms with E-state index >= 15 is 0 Å². The zero-order chi connectivity index (χ0) is 21.8. The van der Waals surface area contributed by atoms with Crippen LogP contribution in [0, 0.1) is 0 Å². The largest absolute Gasteiger partial charge is 0.507 e. The molecule has 2 heteroatoms. The fourth-order valence-corrected chi connectivity index (χ4v) is 5.99. The van der Waals surface area contributed by atoms with Crippen molar-refractivity contribution >= 4 is 70.4 Å². The molecule has 0 saturated carbocycles. The van der Waals surface area contributed by atoms with Crippen molar-refractivity contribution in [1.82, 2.24) is 0 Å². The van der Waals surface area contributed by atoms with Gasteiger partial charge in [-0.25, -0.2) is 0 Å². The maximum Gasteiger partial charge on any atom is 0.197 e. The first-order valence-electron chi connectivity index (χ1n) is 11.1. The number of carbonyl (C=O) groups is 1. The molecular weight excluding hydrogens is 404 g/mol. The summed E-state index contributed by atoms with van der Waals surface area (Å²) in [6.07, 6.45) is 0. The van der Waals surface area contributed by atoms with E-state index in [1.165, 1.54) is 48.5 Å². The molecule has 8 aromatic carbocycles. The van der Waals surface area contributed by atoms with E-state index in [0.717, 1.165) is 16.2 Å². The van der Waals surface area contributed by atoms with Crippen LogP contribution in [-0.4, -0.2) is 10.9 Å². The van der Waals surface area contributed by atoms with Crippen LogP contribution in [0.2, 0.25) is 0 Å². The molecule has 0 fully saturated rings. The first kappa shape index (κ1) is 17.2. The molecule has 152 valence electrons. The first-order valence-corrected chi connectivity index (χ1v) is 11.1. The molecule has 8 aromatic rings. The summed E-state index contributed by atoms with van der Waals surface area (Å²) in [4.78, 5) is 13.7. The highest BCUT2D eigenvalue weighted by Crippen LogP contribution is 2.49. The van der Waals surface area contributed by atoms with Gasteiger partial charge in [0, 0.05) is 5.56 Å². The Morgan fingerprint density at radius 1 is 0.485 bits per heavy atom. The van der Waals surface area contributed by atoms with Crippen LogP contribution in [-0.2, 0) is 0 Å². The lowest BCUT2D eigenvalue weighted by Crippen LogP contribution is -2.04. The van der Waals surface area contributed by atoms with Crippen LogP contribution in [0.4, 0.5) is 0 Å². The molecule has 2 nitrogen and oxygen atoms in total. The van der Waals surface area contributed by atoms with Crippen LogP contribution < -0.4 is 0 Å². The van der Waals surface area contributed by atoms with E-state index in [4.69, 9.17) is 0 Å². The van der Waals surface area contributed by atoms with Gasteiger partial charge < -0.3 is 5.11 Å². The molecular formula is C31H16O2. The van der Waals surface area contributed by atoms with Crippen LogP contribution in [0.3, 0.4) is 0 Å². The van der Waals surface area contributed by atoms with E-state index < -0.39 is 0 Å². The van der Waals surface area contributed by atoms with E-state index in [1.807, 2.05) is 6.07 Å². The fraction of sp³-hybridized carbons (Fsp3) is 0. The van der Waals surface area contributed by atoms with Crippen molar-refractivity contribution in [2.75, 3.05) is 0 Å². The summed E-state index contributed by atoms with van der Waals surface area (Å²) >= 11 is 0. The topological polar surface area (TPSA) is 37.3 Å². The Labute approximate surface area is 188 Å². The molecule has 0 radical (unpaired) electrons. The number of carbonyl (C=O) groups excluding carboxylic acids is 1. The van der Waals surface area contributed by atoms with E-state index in [9.17, 15) is 9.90 Å². The zero-order valence-corrected chi connectivity index (χ0v) is 17.5. The molecule has 0 amide bonds. The zero-order valence-electron chi connectivity index (χ0n) is 17.5. The minimum atomic E-state index is -0.154. The summed E-state index contributed by atoms with van der Waals surface area (Å²) in [7, 11) is 0. The molecule has 0 unspecified atom stereocenters. The van der Waals surface area contributed by atoms with E-state index in [1.54, 1.807) is 24.3 Å². The molecule has 0 bridgehead atoms. The van der Waals surface area contributed by atoms with Gasteiger partial charge in [0.05, 0.1) is 5.56 Å². The van der Waals surface area contributed by atoms with Crippen molar-refractivity contribution in [3.63, 3.8) is 0 Å². The van der Waals surface area contributed by atoms with Crippen molar-refractivity contribution in [3.05, 3.63) is 102 Å². The molecule has 0 heterocycles. The second-order valence-corrected chi connectivity index (χ2v) is 9.01. The van der Waals surface area contributed by atoms with Gasteiger partial charge in [-0.3, -0.25) is 4.79 Å². The molecule has 1 N–H and O–H groups in total. The second kappa shape index (κ2) is 5.67. The number of phenols is 1. The summed E-state index contributed by atoms with van der Waals surface area (Å²) in [6, 6.07) is 30.5. The Morgan fingerprint density at radius 2 is 0.939 bits per heavy atom. The smallest absolute Gasteiger partial charge is 0.197 e. The van der Waals surface area contributed by atoms with E-state index in [2.05, 4.69) is 60.7 Å². The van der Waals surface area contributed by atoms with Crippen molar-refractivity contribution < 1.29 is 9.90 Å². The lowest BCUT2D eigenvalue weighted by Gasteiger charge is -2.21.